The summed E-state index contributed by atoms with van der Waals surface area (Å²) >= 11 is 6.92. The Kier molecular flexibility index (Phi) is 7.22. The zero-order chi connectivity index (χ0) is 25.3. The number of piperidine rings is 1. The molecule has 1 amide bonds. The lowest BCUT2D eigenvalue weighted by Crippen LogP contribution is -2.53. The first-order chi connectivity index (χ1) is 17.2. The Morgan fingerprint density at radius 3 is 2.64 bits per heavy atom. The van der Waals surface area contributed by atoms with Crippen molar-refractivity contribution in [1.82, 2.24) is 19.6 Å². The van der Waals surface area contributed by atoms with Gasteiger partial charge in [-0.3, -0.25) is 9.62 Å². The van der Waals surface area contributed by atoms with Crippen LogP contribution >= 0.6 is 11.6 Å². The lowest BCUT2D eigenvalue weighted by atomic mass is 9.84. The van der Waals surface area contributed by atoms with E-state index in [1.54, 1.807) is 12.3 Å². The zero-order valence-electron chi connectivity index (χ0n) is 20.8. The van der Waals surface area contributed by atoms with Crippen LogP contribution in [-0.2, 0) is 21.0 Å². The van der Waals surface area contributed by atoms with Gasteiger partial charge in [-0.25, -0.2) is 9.00 Å². The highest BCUT2D eigenvalue weighted by Crippen LogP contribution is 2.41. The molecule has 2 aromatic rings. The van der Waals surface area contributed by atoms with Crippen LogP contribution in [0.1, 0.15) is 31.2 Å². The summed E-state index contributed by atoms with van der Waals surface area (Å²) in [6.07, 6.45) is 7.24. The monoisotopic (exact) mass is 534 g/mol. The Morgan fingerprint density at radius 1 is 1.17 bits per heavy atom. The minimum Gasteiger partial charge on any atom is -0.378 e. The average molecular weight is 535 g/mol. The van der Waals surface area contributed by atoms with Crippen LogP contribution in [0.25, 0.3) is 0 Å². The third kappa shape index (κ3) is 5.37. The summed E-state index contributed by atoms with van der Waals surface area (Å²) in [4.78, 5) is 19.8. The van der Waals surface area contributed by atoms with Crippen molar-refractivity contribution in [2.45, 2.75) is 37.8 Å². The van der Waals surface area contributed by atoms with Crippen LogP contribution in [0.5, 0.6) is 0 Å². The number of likely N-dealkylation sites (tertiary alicyclic amines) is 2. The molecule has 3 aliphatic heterocycles. The van der Waals surface area contributed by atoms with Crippen LogP contribution in [0.15, 0.2) is 30.5 Å². The van der Waals surface area contributed by atoms with E-state index < -0.39 is 9.71 Å². The predicted molar refractivity (Wildman–Crippen MR) is 145 cm³/mol. The van der Waals surface area contributed by atoms with E-state index in [2.05, 4.69) is 43.7 Å². The van der Waals surface area contributed by atoms with Crippen molar-refractivity contribution in [3.8, 4) is 0 Å². The second-order valence-corrected chi connectivity index (χ2v) is 12.7. The molecule has 11 heteroatoms. The summed E-state index contributed by atoms with van der Waals surface area (Å²) in [5.74, 6) is 3.96. The standard InChI is InChI=1S/C25H35ClN6O3S/c1-36(2,34)28-22-7-12-32(27-22)24(33)30-13-9-25(10-14-30)8-4-11-31(25)19-20-5-3-6-21(23(20)26)29-15-17-35-18-16-29/h3,5-7,12H,1,4,8-11,13-19H2,2H3,(H,27,28,34). The van der Waals surface area contributed by atoms with Gasteiger partial charge in [-0.05, 0) is 49.7 Å². The quantitative estimate of drug-likeness (QED) is 0.593. The molecule has 0 saturated carbocycles. The van der Waals surface area contributed by atoms with Crippen LogP contribution in [0.2, 0.25) is 5.02 Å². The summed E-state index contributed by atoms with van der Waals surface area (Å²) in [5.41, 5.74) is 2.35. The maximum atomic E-state index is 13.1. The average Bonchev–Trinajstić information content (AvgIpc) is 3.47. The van der Waals surface area contributed by atoms with Crippen molar-refractivity contribution in [3.63, 3.8) is 0 Å². The number of nitrogens with one attached hydrogen (secondary N) is 1. The van der Waals surface area contributed by atoms with Gasteiger partial charge in [0.2, 0.25) is 0 Å². The van der Waals surface area contributed by atoms with Gasteiger partial charge in [-0.1, -0.05) is 23.7 Å². The van der Waals surface area contributed by atoms with Crippen LogP contribution in [-0.4, -0.2) is 93.4 Å². The van der Waals surface area contributed by atoms with Crippen molar-refractivity contribution in [1.29, 1.82) is 0 Å². The number of nitrogens with zero attached hydrogens (tertiary/aromatic N) is 5. The van der Waals surface area contributed by atoms with E-state index >= 15 is 0 Å². The molecule has 4 heterocycles. The van der Waals surface area contributed by atoms with Crippen LogP contribution < -0.4 is 9.62 Å². The van der Waals surface area contributed by atoms with Crippen LogP contribution in [0.4, 0.5) is 16.3 Å². The summed E-state index contributed by atoms with van der Waals surface area (Å²) in [6, 6.07) is 7.84. The molecule has 0 aliphatic carbocycles. The molecule has 5 rings (SSSR count). The van der Waals surface area contributed by atoms with Crippen molar-refractivity contribution in [2.75, 3.05) is 61.8 Å². The lowest BCUT2D eigenvalue weighted by Gasteiger charge is -2.45. The highest BCUT2D eigenvalue weighted by atomic mass is 35.5. The number of rotatable bonds is 5. The third-order valence-electron chi connectivity index (χ3n) is 7.58. The van der Waals surface area contributed by atoms with Gasteiger partial charge in [-0.15, -0.1) is 5.10 Å². The molecule has 1 spiro atoms. The third-order valence-corrected chi connectivity index (χ3v) is 8.66. The minimum absolute atomic E-state index is 0.0908. The number of carbonyl (C=O) groups is 1. The number of carbonyl (C=O) groups excluding carboxylic acids is 1. The summed E-state index contributed by atoms with van der Waals surface area (Å²) in [7, 11) is -2.45. The molecule has 1 atom stereocenters. The summed E-state index contributed by atoms with van der Waals surface area (Å²) < 4.78 is 21.4. The van der Waals surface area contributed by atoms with E-state index in [1.165, 1.54) is 10.9 Å². The zero-order valence-corrected chi connectivity index (χ0v) is 22.4. The van der Waals surface area contributed by atoms with Crippen molar-refractivity contribution in [3.05, 3.63) is 41.0 Å². The molecule has 196 valence electrons. The number of anilines is 2. The molecule has 36 heavy (non-hydrogen) atoms. The highest BCUT2D eigenvalue weighted by molar-refractivity contribution is 8.00. The van der Waals surface area contributed by atoms with Gasteiger partial charge in [0.05, 0.1) is 23.9 Å². The largest absolute Gasteiger partial charge is 0.378 e. The molecular formula is C25H35ClN6O3S. The molecule has 0 radical (unpaired) electrons. The highest BCUT2D eigenvalue weighted by Gasteiger charge is 2.44. The molecule has 9 nitrogen and oxygen atoms in total. The van der Waals surface area contributed by atoms with Gasteiger partial charge >= 0.3 is 6.03 Å². The van der Waals surface area contributed by atoms with Gasteiger partial charge in [0.15, 0.2) is 5.82 Å². The SMILES string of the molecule is C=S(C)(=O)Nc1ccn(C(=O)N2CCC3(CCCN3Cc3cccc(N4CCOCC4)c3Cl)CC2)n1. The maximum absolute atomic E-state index is 13.1. The van der Waals surface area contributed by atoms with E-state index in [0.29, 0.717) is 18.9 Å². The van der Waals surface area contributed by atoms with E-state index in [9.17, 15) is 9.00 Å². The Morgan fingerprint density at radius 2 is 1.92 bits per heavy atom. The molecule has 1 N–H and O–H groups in total. The summed E-state index contributed by atoms with van der Waals surface area (Å²) in [6.45, 7) is 6.41. The van der Waals surface area contributed by atoms with E-state index in [0.717, 1.165) is 81.3 Å². The number of halogens is 1. The molecule has 3 saturated heterocycles. The fraction of sp³-hybridized carbons (Fsp3) is 0.560. The number of hydrogen-bond acceptors (Lipinski definition) is 6. The summed E-state index contributed by atoms with van der Waals surface area (Å²) in [5, 5.41) is 5.09. The van der Waals surface area contributed by atoms with Gasteiger partial charge < -0.3 is 14.5 Å². The first kappa shape index (κ1) is 25.4. The predicted octanol–water partition coefficient (Wildman–Crippen LogP) is 3.14. The Hall–Kier alpha value is -2.27. The van der Waals surface area contributed by atoms with E-state index in [1.807, 2.05) is 4.90 Å². The fourth-order valence-electron chi connectivity index (χ4n) is 5.71. The number of aromatic nitrogens is 2. The molecule has 3 aliphatic rings. The smallest absolute Gasteiger partial charge is 0.344 e. The second kappa shape index (κ2) is 10.2. The molecule has 3 fully saturated rings. The molecule has 1 aromatic heterocycles. The van der Waals surface area contributed by atoms with E-state index in [4.69, 9.17) is 16.3 Å². The van der Waals surface area contributed by atoms with Crippen LogP contribution in [0.3, 0.4) is 0 Å². The van der Waals surface area contributed by atoms with Gasteiger partial charge in [0, 0.05) is 66.5 Å². The number of morpholine rings is 1. The van der Waals surface area contributed by atoms with Gasteiger partial charge in [0.25, 0.3) is 0 Å². The second-order valence-electron chi connectivity index (χ2n) is 10.1. The Balaban J connectivity index is 1.24. The molecule has 0 bridgehead atoms. The molecular weight excluding hydrogens is 500 g/mol. The number of amides is 1. The Labute approximate surface area is 218 Å². The van der Waals surface area contributed by atoms with Crippen LogP contribution in [0, 0.1) is 0 Å². The first-order valence-electron chi connectivity index (χ1n) is 12.5. The van der Waals surface area contributed by atoms with Crippen molar-refractivity contribution < 1.29 is 13.7 Å². The minimum atomic E-state index is -2.45. The normalized spacial score (nSPS) is 22.1. The number of benzene rings is 1. The van der Waals surface area contributed by atoms with Crippen molar-refractivity contribution >= 4 is 44.7 Å². The molecule has 1 aromatic carbocycles. The fourth-order valence-corrected chi connectivity index (χ4v) is 6.57. The Bertz CT molecular complexity index is 1200. The number of hydrogen-bond donors (Lipinski definition) is 1. The lowest BCUT2D eigenvalue weighted by molar-refractivity contribution is 0.0585. The first-order valence-corrected chi connectivity index (χ1v) is 15.1. The van der Waals surface area contributed by atoms with Gasteiger partial charge in [-0.2, -0.15) is 4.68 Å². The van der Waals surface area contributed by atoms with E-state index in [-0.39, 0.29) is 11.6 Å². The topological polar surface area (TPSA) is 82.9 Å². The van der Waals surface area contributed by atoms with Gasteiger partial charge in [0.1, 0.15) is 0 Å². The molecule has 1 unspecified atom stereocenters. The number of ether oxygens (including phenoxy) is 1. The van der Waals surface area contributed by atoms with Crippen molar-refractivity contribution in [2.24, 2.45) is 0 Å². The maximum Gasteiger partial charge on any atom is 0.344 e.